The third-order valence-electron chi connectivity index (χ3n) is 3.23. The number of aromatic nitrogens is 2. The largest absolute Gasteiger partial charge is 0.370 e. The molecule has 1 heterocycles. The summed E-state index contributed by atoms with van der Waals surface area (Å²) in [5, 5.41) is 3.10. The first-order chi connectivity index (χ1) is 8.74. The number of nitrogens with two attached hydrogens (primary N) is 1. The molecular weight excluding hydrogens is 226 g/mol. The van der Waals surface area contributed by atoms with Gasteiger partial charge in [-0.2, -0.15) is 0 Å². The maximum absolute atomic E-state index is 5.79. The van der Waals surface area contributed by atoms with Crippen LogP contribution in [0.4, 0.5) is 0 Å². The Labute approximate surface area is 108 Å². The van der Waals surface area contributed by atoms with Crippen molar-refractivity contribution >= 4 is 5.96 Å². The van der Waals surface area contributed by atoms with E-state index in [4.69, 9.17) is 5.73 Å². The second-order valence-corrected chi connectivity index (χ2v) is 4.88. The molecule has 1 fully saturated rings. The number of aryl methyl sites for hydroxylation is 1. The summed E-state index contributed by atoms with van der Waals surface area (Å²) in [5.41, 5.74) is 6.86. The van der Waals surface area contributed by atoms with E-state index in [1.54, 1.807) is 0 Å². The Morgan fingerprint density at radius 2 is 2.17 bits per heavy atom. The Morgan fingerprint density at radius 1 is 1.44 bits per heavy atom. The Morgan fingerprint density at radius 3 is 2.78 bits per heavy atom. The van der Waals surface area contributed by atoms with Crippen molar-refractivity contribution in [3.05, 3.63) is 23.8 Å². The van der Waals surface area contributed by atoms with Gasteiger partial charge >= 0.3 is 0 Å². The molecule has 0 spiro atoms. The first-order valence-electron chi connectivity index (χ1n) is 6.55. The molecule has 0 aliphatic heterocycles. The number of rotatable bonds is 5. The lowest BCUT2D eigenvalue weighted by Crippen LogP contribution is -2.34. The molecule has 0 bridgehead atoms. The zero-order valence-electron chi connectivity index (χ0n) is 10.9. The fourth-order valence-electron chi connectivity index (χ4n) is 1.81. The molecule has 0 amide bonds. The number of nitrogens with one attached hydrogen (secondary N) is 1. The highest BCUT2D eigenvalue weighted by atomic mass is 15.1. The highest BCUT2D eigenvalue weighted by Crippen LogP contribution is 2.26. The Balaban J connectivity index is 1.66. The van der Waals surface area contributed by atoms with Crippen molar-refractivity contribution in [3.8, 4) is 0 Å². The summed E-state index contributed by atoms with van der Waals surface area (Å²) < 4.78 is 0. The topological polar surface area (TPSA) is 76.2 Å². The predicted molar refractivity (Wildman–Crippen MR) is 72.3 cm³/mol. The van der Waals surface area contributed by atoms with Crippen molar-refractivity contribution in [2.24, 2.45) is 16.6 Å². The minimum Gasteiger partial charge on any atom is -0.370 e. The van der Waals surface area contributed by atoms with E-state index in [1.165, 1.54) is 19.3 Å². The summed E-state index contributed by atoms with van der Waals surface area (Å²) in [4.78, 5) is 12.8. The molecular formula is C13H21N5. The molecule has 0 atom stereocenters. The van der Waals surface area contributed by atoms with Gasteiger partial charge in [0.05, 0.1) is 0 Å². The SMILES string of the molecule is Cc1cnc(CCNC(N)=NCC2CCC2)nc1. The monoisotopic (exact) mass is 247 g/mol. The van der Waals surface area contributed by atoms with Crippen molar-refractivity contribution in [2.75, 3.05) is 13.1 Å². The quantitative estimate of drug-likeness (QED) is 0.602. The summed E-state index contributed by atoms with van der Waals surface area (Å²) >= 11 is 0. The number of hydrogen-bond acceptors (Lipinski definition) is 3. The van der Waals surface area contributed by atoms with E-state index in [1.807, 2.05) is 19.3 Å². The Bertz CT molecular complexity index is 394. The van der Waals surface area contributed by atoms with Crippen LogP contribution in [0.25, 0.3) is 0 Å². The molecule has 5 heteroatoms. The average Bonchev–Trinajstić information content (AvgIpc) is 2.30. The molecule has 1 aliphatic rings. The van der Waals surface area contributed by atoms with Gasteiger partial charge in [-0.1, -0.05) is 6.42 Å². The third-order valence-corrected chi connectivity index (χ3v) is 3.23. The fraction of sp³-hybridized carbons (Fsp3) is 0.615. The van der Waals surface area contributed by atoms with Crippen LogP contribution in [0, 0.1) is 12.8 Å². The van der Waals surface area contributed by atoms with Crippen LogP contribution in [0.1, 0.15) is 30.7 Å². The van der Waals surface area contributed by atoms with Crippen molar-refractivity contribution in [2.45, 2.75) is 32.6 Å². The van der Waals surface area contributed by atoms with Gasteiger partial charge < -0.3 is 11.1 Å². The first kappa shape index (κ1) is 12.8. The van der Waals surface area contributed by atoms with Crippen LogP contribution >= 0.6 is 0 Å². The van der Waals surface area contributed by atoms with Crippen LogP contribution in [-0.2, 0) is 6.42 Å². The summed E-state index contributed by atoms with van der Waals surface area (Å²) in [6.07, 6.45) is 8.37. The maximum Gasteiger partial charge on any atom is 0.188 e. The van der Waals surface area contributed by atoms with Crippen LogP contribution in [0.15, 0.2) is 17.4 Å². The zero-order valence-corrected chi connectivity index (χ0v) is 10.9. The van der Waals surface area contributed by atoms with E-state index in [0.717, 1.165) is 36.8 Å². The smallest absolute Gasteiger partial charge is 0.188 e. The van der Waals surface area contributed by atoms with Crippen molar-refractivity contribution < 1.29 is 0 Å². The van der Waals surface area contributed by atoms with E-state index in [-0.39, 0.29) is 0 Å². The normalized spacial score (nSPS) is 16.4. The average molecular weight is 247 g/mol. The number of aliphatic imine (C=N–C) groups is 1. The van der Waals surface area contributed by atoms with Crippen LogP contribution in [0.2, 0.25) is 0 Å². The van der Waals surface area contributed by atoms with Gasteiger partial charge in [0.15, 0.2) is 5.96 Å². The molecule has 2 rings (SSSR count). The predicted octanol–water partition coefficient (Wildman–Crippen LogP) is 1.03. The van der Waals surface area contributed by atoms with Crippen LogP contribution < -0.4 is 11.1 Å². The van der Waals surface area contributed by atoms with E-state index >= 15 is 0 Å². The van der Waals surface area contributed by atoms with Gasteiger partial charge in [0.1, 0.15) is 5.82 Å². The zero-order chi connectivity index (χ0) is 12.8. The Hall–Kier alpha value is -1.65. The van der Waals surface area contributed by atoms with Gasteiger partial charge in [-0.15, -0.1) is 0 Å². The molecule has 1 aromatic rings. The van der Waals surface area contributed by atoms with Crippen molar-refractivity contribution in [1.29, 1.82) is 0 Å². The van der Waals surface area contributed by atoms with Crippen molar-refractivity contribution in [3.63, 3.8) is 0 Å². The Kier molecular flexibility index (Phi) is 4.50. The second kappa shape index (κ2) is 6.33. The lowest BCUT2D eigenvalue weighted by molar-refractivity contribution is 0.326. The summed E-state index contributed by atoms with van der Waals surface area (Å²) in [6, 6.07) is 0. The lowest BCUT2D eigenvalue weighted by atomic mass is 9.86. The van der Waals surface area contributed by atoms with Gasteiger partial charge in [-0.3, -0.25) is 4.99 Å². The van der Waals surface area contributed by atoms with E-state index < -0.39 is 0 Å². The van der Waals surface area contributed by atoms with Crippen molar-refractivity contribution in [1.82, 2.24) is 15.3 Å². The molecule has 1 aromatic heterocycles. The van der Waals surface area contributed by atoms with E-state index in [0.29, 0.717) is 5.96 Å². The lowest BCUT2D eigenvalue weighted by Gasteiger charge is -2.23. The highest BCUT2D eigenvalue weighted by Gasteiger charge is 2.16. The molecule has 1 saturated carbocycles. The molecule has 3 N–H and O–H groups in total. The van der Waals surface area contributed by atoms with Gasteiger partial charge in [0, 0.05) is 31.9 Å². The first-order valence-corrected chi connectivity index (χ1v) is 6.55. The molecule has 0 radical (unpaired) electrons. The molecule has 98 valence electrons. The molecule has 0 saturated heterocycles. The van der Waals surface area contributed by atoms with Gasteiger partial charge in [-0.25, -0.2) is 9.97 Å². The standard InChI is InChI=1S/C13H21N5/c1-10-7-16-12(17-8-10)5-6-15-13(14)18-9-11-3-2-4-11/h7-8,11H,2-6,9H2,1H3,(H3,14,15,18). The third kappa shape index (κ3) is 3.98. The molecule has 5 nitrogen and oxygen atoms in total. The summed E-state index contributed by atoms with van der Waals surface area (Å²) in [7, 11) is 0. The number of nitrogens with zero attached hydrogens (tertiary/aromatic N) is 3. The minimum atomic E-state index is 0.536. The second-order valence-electron chi connectivity index (χ2n) is 4.88. The van der Waals surface area contributed by atoms with Gasteiger partial charge in [-0.05, 0) is 31.2 Å². The molecule has 1 aliphatic carbocycles. The number of guanidine groups is 1. The molecule has 18 heavy (non-hydrogen) atoms. The van der Waals surface area contributed by atoms with Crippen LogP contribution in [0.5, 0.6) is 0 Å². The van der Waals surface area contributed by atoms with Gasteiger partial charge in [0.2, 0.25) is 0 Å². The summed E-state index contributed by atoms with van der Waals surface area (Å²) in [5.74, 6) is 2.12. The maximum atomic E-state index is 5.79. The van der Waals surface area contributed by atoms with Crippen LogP contribution in [-0.4, -0.2) is 29.0 Å². The minimum absolute atomic E-state index is 0.536. The van der Waals surface area contributed by atoms with E-state index in [9.17, 15) is 0 Å². The van der Waals surface area contributed by atoms with Crippen LogP contribution in [0.3, 0.4) is 0 Å². The van der Waals surface area contributed by atoms with Gasteiger partial charge in [0.25, 0.3) is 0 Å². The molecule has 0 aromatic carbocycles. The highest BCUT2D eigenvalue weighted by molar-refractivity contribution is 5.77. The number of hydrogen-bond donors (Lipinski definition) is 2. The fourth-order valence-corrected chi connectivity index (χ4v) is 1.81. The molecule has 0 unspecified atom stereocenters. The summed E-state index contributed by atoms with van der Waals surface area (Å²) in [6.45, 7) is 3.57. The van der Waals surface area contributed by atoms with E-state index in [2.05, 4.69) is 20.3 Å².